The van der Waals surface area contributed by atoms with E-state index in [-0.39, 0.29) is 25.2 Å². The molecule has 9 nitrogen and oxygen atoms in total. The summed E-state index contributed by atoms with van der Waals surface area (Å²) < 4.78 is 59.9. The number of halogens is 3. The first kappa shape index (κ1) is 31.3. The van der Waals surface area contributed by atoms with E-state index in [4.69, 9.17) is 34.7 Å². The second-order valence-corrected chi connectivity index (χ2v) is 4.64. The van der Waals surface area contributed by atoms with Gasteiger partial charge in [0.15, 0.2) is 0 Å². The summed E-state index contributed by atoms with van der Waals surface area (Å²) in [5.41, 5.74) is 0.956. The number of hydrogen-bond donors (Lipinski definition) is 7. The molecule has 0 saturated heterocycles. The van der Waals surface area contributed by atoms with E-state index in [9.17, 15) is 21.4 Å². The molecule has 17 heteroatoms. The summed E-state index contributed by atoms with van der Waals surface area (Å²) in [6, 6.07) is 5.99. The summed E-state index contributed by atoms with van der Waals surface area (Å²) in [4.78, 5) is -0.0666. The van der Waals surface area contributed by atoms with Crippen molar-refractivity contribution < 1.29 is 76.3 Å². The number of rotatable bonds is 1. The molecule has 1 aromatic carbocycles. The molecule has 0 aliphatic carbocycles. The van der Waals surface area contributed by atoms with E-state index in [0.717, 1.165) is 5.56 Å². The van der Waals surface area contributed by atoms with E-state index >= 15 is 0 Å². The third-order valence-electron chi connectivity index (χ3n) is 1.32. The minimum absolute atomic E-state index is 0. The SMILES string of the molecule is Cc1ccc(S(=O)(=O)O)cc1.OB(O)F.OB(O)F.OB(O)F.[H-].[Li+]. The Labute approximate surface area is 150 Å². The fraction of sp³-hybridized carbons (Fsp3) is 0.143. The number of benzene rings is 1. The van der Waals surface area contributed by atoms with Crippen molar-refractivity contribution in [2.24, 2.45) is 0 Å². The van der Waals surface area contributed by atoms with E-state index in [2.05, 4.69) is 0 Å². The minimum atomic E-state index is -4.02. The Balaban J connectivity index is -0.0000000810. The summed E-state index contributed by atoms with van der Waals surface area (Å²) in [7, 11) is -12.0. The topological polar surface area (TPSA) is 176 Å². The van der Waals surface area contributed by atoms with Gasteiger partial charge in [-0.25, -0.2) is 0 Å². The van der Waals surface area contributed by atoms with Crippen LogP contribution in [0.25, 0.3) is 0 Å². The van der Waals surface area contributed by atoms with Gasteiger partial charge in [-0.15, -0.1) is 0 Å². The van der Waals surface area contributed by atoms with Crippen LogP contribution in [0.4, 0.5) is 12.9 Å². The molecule has 0 saturated carbocycles. The molecule has 1 rings (SSSR count). The molecular weight excluding hydrogens is 357 g/mol. The second kappa shape index (κ2) is 17.3. The predicted octanol–water partition coefficient (Wildman–Crippen LogP) is -4.87. The molecule has 24 heavy (non-hydrogen) atoms. The van der Waals surface area contributed by atoms with Gasteiger partial charge in [0.1, 0.15) is 0 Å². The normalized spacial score (nSPS) is 8.62. The monoisotopic (exact) mass is 372 g/mol. The zero-order chi connectivity index (χ0) is 19.2. The molecule has 0 atom stereocenters. The Hall–Kier alpha value is -0.528. The van der Waals surface area contributed by atoms with Gasteiger partial charge in [0.2, 0.25) is 0 Å². The predicted molar refractivity (Wildman–Crippen MR) is 76.0 cm³/mol. The van der Waals surface area contributed by atoms with Gasteiger partial charge in [0.05, 0.1) is 4.90 Å². The minimum Gasteiger partial charge on any atom is -1.00 e. The molecule has 134 valence electrons. The van der Waals surface area contributed by atoms with E-state index in [1.807, 2.05) is 6.92 Å². The molecule has 0 spiro atoms. The molecule has 0 amide bonds. The fourth-order valence-electron chi connectivity index (χ4n) is 0.710. The molecule has 0 unspecified atom stereocenters. The van der Waals surface area contributed by atoms with Crippen LogP contribution < -0.4 is 18.9 Å². The summed E-state index contributed by atoms with van der Waals surface area (Å²) in [6.45, 7) is 1.84. The van der Waals surface area contributed by atoms with Crippen LogP contribution >= 0.6 is 0 Å². The third-order valence-corrected chi connectivity index (χ3v) is 2.19. The summed E-state index contributed by atoms with van der Waals surface area (Å²) in [5, 5.41) is 41.7. The van der Waals surface area contributed by atoms with E-state index in [0.29, 0.717) is 0 Å². The van der Waals surface area contributed by atoms with Gasteiger partial charge in [-0.05, 0) is 19.1 Å². The van der Waals surface area contributed by atoms with Gasteiger partial charge in [0.25, 0.3) is 10.1 Å². The number of aryl methyl sites for hydroxylation is 1. The maximum Gasteiger partial charge on any atom is 1.00 e. The van der Waals surface area contributed by atoms with Gasteiger partial charge in [-0.1, -0.05) is 17.7 Å². The number of hydrogen-bond acceptors (Lipinski definition) is 8. The summed E-state index contributed by atoms with van der Waals surface area (Å²) >= 11 is 0. The van der Waals surface area contributed by atoms with E-state index in [1.165, 1.54) is 12.1 Å². The molecule has 0 aromatic heterocycles. The van der Waals surface area contributed by atoms with Crippen LogP contribution in [0.15, 0.2) is 29.2 Å². The van der Waals surface area contributed by atoms with Gasteiger partial charge in [0, 0.05) is 0 Å². The van der Waals surface area contributed by atoms with Crippen molar-refractivity contribution in [1.82, 2.24) is 0 Å². The molecular formula is C7H15B3F3LiO9S. The van der Waals surface area contributed by atoms with Gasteiger partial charge < -0.3 is 31.6 Å². The average Bonchev–Trinajstić information content (AvgIpc) is 2.25. The van der Waals surface area contributed by atoms with Crippen LogP contribution in [-0.4, -0.2) is 65.3 Å². The van der Waals surface area contributed by atoms with Crippen molar-refractivity contribution in [2.45, 2.75) is 11.8 Å². The van der Waals surface area contributed by atoms with Crippen LogP contribution in [0.2, 0.25) is 0 Å². The van der Waals surface area contributed by atoms with Crippen LogP contribution in [0.1, 0.15) is 6.99 Å². The third kappa shape index (κ3) is 37.6. The van der Waals surface area contributed by atoms with Crippen molar-refractivity contribution in [3.63, 3.8) is 0 Å². The van der Waals surface area contributed by atoms with Crippen LogP contribution in [0.5, 0.6) is 0 Å². The molecule has 0 aliphatic rings. The van der Waals surface area contributed by atoms with Crippen molar-refractivity contribution in [3.8, 4) is 0 Å². The standard InChI is InChI=1S/C7H8O3S.3BFH2O2.Li.H/c1-6-2-4-7(5-3-6)11(8,9)10;3*2-1(3)4;;/h2-5H,1H3,(H,8,9,10);3*3-4H;;/q;;;;+1;-1. The molecule has 7 N–H and O–H groups in total. The van der Waals surface area contributed by atoms with Gasteiger partial charge in [-0.2, -0.15) is 8.42 Å². The molecule has 0 radical (unpaired) electrons. The molecule has 0 aliphatic heterocycles. The van der Waals surface area contributed by atoms with Crippen LogP contribution in [-0.2, 0) is 10.1 Å². The van der Waals surface area contributed by atoms with Crippen LogP contribution in [0.3, 0.4) is 0 Å². The second-order valence-electron chi connectivity index (χ2n) is 3.22. The maximum absolute atomic E-state index is 10.5. The summed E-state index contributed by atoms with van der Waals surface area (Å²) in [5.74, 6) is 0. The maximum atomic E-state index is 10.5. The molecule has 1 aromatic rings. The Kier molecular flexibility index (Phi) is 22.5. The van der Waals surface area contributed by atoms with Crippen LogP contribution in [0, 0.1) is 6.92 Å². The van der Waals surface area contributed by atoms with E-state index in [1.54, 1.807) is 12.1 Å². The van der Waals surface area contributed by atoms with Gasteiger partial charge in [-0.3, -0.25) is 17.5 Å². The van der Waals surface area contributed by atoms with Crippen molar-refractivity contribution in [2.75, 3.05) is 0 Å². The van der Waals surface area contributed by atoms with Gasteiger partial charge >= 0.3 is 41.0 Å². The summed E-state index contributed by atoms with van der Waals surface area (Å²) in [6.07, 6.45) is 0. The van der Waals surface area contributed by atoms with Crippen molar-refractivity contribution >= 4 is 32.3 Å². The average molecular weight is 372 g/mol. The Morgan fingerprint density at radius 3 is 1.21 bits per heavy atom. The molecule has 0 heterocycles. The first-order chi connectivity index (χ1) is 10.2. The Bertz CT molecular complexity index is 475. The Morgan fingerprint density at radius 2 is 1.04 bits per heavy atom. The van der Waals surface area contributed by atoms with Crippen molar-refractivity contribution in [1.29, 1.82) is 0 Å². The zero-order valence-corrected chi connectivity index (χ0v) is 13.3. The zero-order valence-electron chi connectivity index (χ0n) is 13.5. The molecule has 0 bridgehead atoms. The smallest absolute Gasteiger partial charge is 1.00 e. The molecule has 0 fully saturated rings. The van der Waals surface area contributed by atoms with Crippen molar-refractivity contribution in [3.05, 3.63) is 29.8 Å². The first-order valence-electron chi connectivity index (χ1n) is 5.25. The van der Waals surface area contributed by atoms with E-state index < -0.39 is 32.3 Å². The first-order valence-corrected chi connectivity index (χ1v) is 6.69. The Morgan fingerprint density at radius 1 is 0.833 bits per heavy atom. The quantitative estimate of drug-likeness (QED) is 0.188. The largest absolute Gasteiger partial charge is 1.00 e. The fourth-order valence-corrected chi connectivity index (χ4v) is 1.19.